The van der Waals surface area contributed by atoms with Crippen molar-refractivity contribution in [3.8, 4) is 0 Å². The Hall–Kier alpha value is -1.49. The zero-order valence-electron chi connectivity index (χ0n) is 15.7. The number of carboxylic acids is 1. The van der Waals surface area contributed by atoms with E-state index in [4.69, 9.17) is 4.74 Å². The van der Waals surface area contributed by atoms with Gasteiger partial charge >= 0.3 is 11.9 Å². The summed E-state index contributed by atoms with van der Waals surface area (Å²) in [5, 5.41) is 9.76. The maximum Gasteiger partial charge on any atom is 0.315 e. The molecule has 1 aromatic rings. The number of carbonyl (C=O) groups is 2. The number of ether oxygens (including phenoxy) is 1. The number of thioether (sulfide) groups is 1. The maximum atomic E-state index is 11.9. The van der Waals surface area contributed by atoms with Crippen molar-refractivity contribution in [3.63, 3.8) is 0 Å². The van der Waals surface area contributed by atoms with E-state index in [-0.39, 0.29) is 5.97 Å². The van der Waals surface area contributed by atoms with Gasteiger partial charge in [0.2, 0.25) is 0 Å². The van der Waals surface area contributed by atoms with Crippen LogP contribution in [0.15, 0.2) is 24.3 Å². The standard InChI is InChI=1S/C20H30O4S/c1-5-24-18(21)14-25-12-10-15(2)9-11-20(4,19(22)23)17-8-6-7-16(3)13-17/h6-8,13,15H,5,9-12,14H2,1-4H3,(H,22,23). The number of hydrogen-bond acceptors (Lipinski definition) is 4. The predicted octanol–water partition coefficient (Wildman–Crippen LogP) is 4.44. The van der Waals surface area contributed by atoms with Crippen LogP contribution in [-0.4, -0.2) is 35.2 Å². The highest BCUT2D eigenvalue weighted by molar-refractivity contribution is 7.99. The summed E-state index contributed by atoms with van der Waals surface area (Å²) >= 11 is 1.58. The van der Waals surface area contributed by atoms with E-state index in [1.807, 2.05) is 38.1 Å². The molecule has 0 saturated heterocycles. The van der Waals surface area contributed by atoms with Crippen molar-refractivity contribution in [1.29, 1.82) is 0 Å². The van der Waals surface area contributed by atoms with E-state index in [2.05, 4.69) is 6.92 Å². The van der Waals surface area contributed by atoms with Gasteiger partial charge in [0.05, 0.1) is 17.8 Å². The summed E-state index contributed by atoms with van der Waals surface area (Å²) in [6.07, 6.45) is 2.42. The highest BCUT2D eigenvalue weighted by Crippen LogP contribution is 2.32. The van der Waals surface area contributed by atoms with E-state index in [0.29, 0.717) is 24.7 Å². The van der Waals surface area contributed by atoms with Crippen LogP contribution in [0.5, 0.6) is 0 Å². The van der Waals surface area contributed by atoms with E-state index in [1.54, 1.807) is 18.7 Å². The molecule has 4 nitrogen and oxygen atoms in total. The number of esters is 1. The Morgan fingerprint density at radius 1 is 1.32 bits per heavy atom. The Kier molecular flexibility index (Phi) is 9.04. The van der Waals surface area contributed by atoms with Gasteiger partial charge in [0.1, 0.15) is 0 Å². The summed E-state index contributed by atoms with van der Waals surface area (Å²) in [6.45, 7) is 8.16. The summed E-state index contributed by atoms with van der Waals surface area (Å²) in [5.74, 6) is 0.739. The zero-order valence-corrected chi connectivity index (χ0v) is 16.5. The molecular weight excluding hydrogens is 336 g/mol. The molecule has 0 saturated carbocycles. The molecule has 1 rings (SSSR count). The molecule has 5 heteroatoms. The third kappa shape index (κ3) is 7.10. The number of aliphatic carboxylic acids is 1. The molecule has 0 radical (unpaired) electrons. The first-order valence-electron chi connectivity index (χ1n) is 8.83. The van der Waals surface area contributed by atoms with Crippen molar-refractivity contribution >= 4 is 23.7 Å². The molecule has 0 aliphatic carbocycles. The van der Waals surface area contributed by atoms with Crippen LogP contribution in [0.1, 0.15) is 51.2 Å². The molecule has 0 heterocycles. The van der Waals surface area contributed by atoms with Crippen LogP contribution in [0.3, 0.4) is 0 Å². The van der Waals surface area contributed by atoms with Crippen molar-refractivity contribution in [2.45, 2.75) is 52.4 Å². The van der Waals surface area contributed by atoms with Gasteiger partial charge < -0.3 is 9.84 Å². The molecule has 0 aliphatic rings. The first kappa shape index (κ1) is 21.6. The van der Waals surface area contributed by atoms with E-state index in [9.17, 15) is 14.7 Å². The molecule has 1 N–H and O–H groups in total. The van der Waals surface area contributed by atoms with Crippen molar-refractivity contribution in [3.05, 3.63) is 35.4 Å². The fraction of sp³-hybridized carbons (Fsp3) is 0.600. The van der Waals surface area contributed by atoms with Crippen LogP contribution in [0, 0.1) is 12.8 Å². The molecule has 140 valence electrons. The average Bonchev–Trinajstić information content (AvgIpc) is 2.56. The van der Waals surface area contributed by atoms with Gasteiger partial charge in [0.15, 0.2) is 0 Å². The number of aryl methyl sites for hydroxylation is 1. The maximum absolute atomic E-state index is 11.9. The van der Waals surface area contributed by atoms with Gasteiger partial charge in [-0.15, -0.1) is 0 Å². The summed E-state index contributed by atoms with van der Waals surface area (Å²) < 4.78 is 4.90. The summed E-state index contributed by atoms with van der Waals surface area (Å²) in [7, 11) is 0. The van der Waals surface area contributed by atoms with Crippen molar-refractivity contribution < 1.29 is 19.4 Å². The van der Waals surface area contributed by atoms with Gasteiger partial charge in [-0.05, 0) is 57.3 Å². The van der Waals surface area contributed by atoms with Gasteiger partial charge in [-0.2, -0.15) is 11.8 Å². The fourth-order valence-electron chi connectivity index (χ4n) is 2.69. The minimum atomic E-state index is -0.863. The molecule has 2 atom stereocenters. The summed E-state index contributed by atoms with van der Waals surface area (Å²) in [5.41, 5.74) is 1.08. The van der Waals surface area contributed by atoms with Gasteiger partial charge in [0.25, 0.3) is 0 Å². The molecule has 0 spiro atoms. The summed E-state index contributed by atoms with van der Waals surface area (Å²) in [6, 6.07) is 7.77. The lowest BCUT2D eigenvalue weighted by atomic mass is 9.76. The van der Waals surface area contributed by atoms with Crippen molar-refractivity contribution in [2.75, 3.05) is 18.1 Å². The third-order valence-corrected chi connectivity index (χ3v) is 5.51. The van der Waals surface area contributed by atoms with Crippen LogP contribution in [0.25, 0.3) is 0 Å². The topological polar surface area (TPSA) is 63.6 Å². The Morgan fingerprint density at radius 3 is 2.64 bits per heavy atom. The number of rotatable bonds is 11. The van der Waals surface area contributed by atoms with Crippen molar-refractivity contribution in [2.24, 2.45) is 5.92 Å². The van der Waals surface area contributed by atoms with E-state index < -0.39 is 11.4 Å². The minimum Gasteiger partial charge on any atom is -0.481 e. The second-order valence-electron chi connectivity index (χ2n) is 6.80. The quantitative estimate of drug-likeness (QED) is 0.463. The average molecular weight is 367 g/mol. The smallest absolute Gasteiger partial charge is 0.315 e. The molecule has 0 fully saturated rings. The second-order valence-corrected chi connectivity index (χ2v) is 7.90. The molecule has 1 aromatic carbocycles. The van der Waals surface area contributed by atoms with E-state index in [1.165, 1.54) is 0 Å². The number of carboxylic acid groups (broad SMARTS) is 1. The Bertz CT molecular complexity index is 573. The number of hydrogen-bond donors (Lipinski definition) is 1. The first-order chi connectivity index (χ1) is 11.8. The monoisotopic (exact) mass is 366 g/mol. The normalized spacial score (nSPS) is 14.6. The zero-order chi connectivity index (χ0) is 18.9. The van der Waals surface area contributed by atoms with Gasteiger partial charge in [-0.3, -0.25) is 9.59 Å². The van der Waals surface area contributed by atoms with Crippen LogP contribution in [-0.2, 0) is 19.7 Å². The highest BCUT2D eigenvalue weighted by Gasteiger charge is 2.35. The Labute approximate surface area is 155 Å². The third-order valence-electron chi connectivity index (χ3n) is 4.54. The highest BCUT2D eigenvalue weighted by atomic mass is 32.2. The molecule has 25 heavy (non-hydrogen) atoms. The molecular formula is C20H30O4S. The largest absolute Gasteiger partial charge is 0.481 e. The van der Waals surface area contributed by atoms with Gasteiger partial charge in [-0.1, -0.05) is 36.8 Å². The Morgan fingerprint density at radius 2 is 2.04 bits per heavy atom. The number of benzene rings is 1. The molecule has 0 amide bonds. The molecule has 0 aromatic heterocycles. The first-order valence-corrected chi connectivity index (χ1v) is 9.99. The lowest BCUT2D eigenvalue weighted by Gasteiger charge is -2.27. The lowest BCUT2D eigenvalue weighted by molar-refractivity contribution is -0.143. The molecule has 2 unspecified atom stereocenters. The number of carbonyl (C=O) groups excluding carboxylic acids is 1. The van der Waals surface area contributed by atoms with Crippen LogP contribution in [0.2, 0.25) is 0 Å². The summed E-state index contributed by atoms with van der Waals surface area (Å²) in [4.78, 5) is 23.2. The SMILES string of the molecule is CCOC(=O)CSCCC(C)CCC(C)(C(=O)O)c1cccc(C)c1. The van der Waals surface area contributed by atoms with Crippen LogP contribution in [0.4, 0.5) is 0 Å². The van der Waals surface area contributed by atoms with Crippen LogP contribution < -0.4 is 0 Å². The van der Waals surface area contributed by atoms with Crippen LogP contribution >= 0.6 is 11.8 Å². The van der Waals surface area contributed by atoms with Gasteiger partial charge in [0, 0.05) is 0 Å². The van der Waals surface area contributed by atoms with Crippen molar-refractivity contribution in [1.82, 2.24) is 0 Å². The Balaban J connectivity index is 2.49. The van der Waals surface area contributed by atoms with E-state index >= 15 is 0 Å². The fourth-order valence-corrected chi connectivity index (χ4v) is 3.65. The lowest BCUT2D eigenvalue weighted by Crippen LogP contribution is -2.33. The second kappa shape index (κ2) is 10.5. The van der Waals surface area contributed by atoms with E-state index in [0.717, 1.165) is 29.7 Å². The minimum absolute atomic E-state index is 0.168. The predicted molar refractivity (Wildman–Crippen MR) is 103 cm³/mol. The van der Waals surface area contributed by atoms with Gasteiger partial charge in [-0.25, -0.2) is 0 Å². The molecule has 0 aliphatic heterocycles. The molecule has 0 bridgehead atoms.